The monoisotopic (exact) mass is 394 g/mol. The summed E-state index contributed by atoms with van der Waals surface area (Å²) in [4.78, 5) is 31.9. The van der Waals surface area contributed by atoms with E-state index in [4.69, 9.17) is 11.6 Å². The van der Waals surface area contributed by atoms with Crippen molar-refractivity contribution in [1.29, 1.82) is 0 Å². The van der Waals surface area contributed by atoms with Gasteiger partial charge in [0.25, 0.3) is 5.91 Å². The van der Waals surface area contributed by atoms with Gasteiger partial charge in [-0.25, -0.2) is 9.67 Å². The van der Waals surface area contributed by atoms with Crippen molar-refractivity contribution in [3.05, 3.63) is 77.0 Å². The lowest BCUT2D eigenvalue weighted by atomic mass is 10.2. The molecule has 0 bridgehead atoms. The Morgan fingerprint density at radius 1 is 1.04 bits per heavy atom. The van der Waals surface area contributed by atoms with Crippen molar-refractivity contribution in [1.82, 2.24) is 30.6 Å². The van der Waals surface area contributed by atoms with E-state index >= 15 is 0 Å². The van der Waals surface area contributed by atoms with Crippen LogP contribution in [0.1, 0.15) is 26.8 Å². The molecule has 0 aliphatic heterocycles. The minimum Gasteiger partial charge on any atom is -0.360 e. The van der Waals surface area contributed by atoms with Crippen LogP contribution in [0.2, 0.25) is 5.02 Å². The molecule has 0 aliphatic carbocycles. The van der Waals surface area contributed by atoms with Gasteiger partial charge in [-0.05, 0) is 37.3 Å². The number of nitrogens with zero attached hydrogens (tertiary/aromatic N) is 3. The van der Waals surface area contributed by atoms with E-state index in [1.54, 1.807) is 37.4 Å². The summed E-state index contributed by atoms with van der Waals surface area (Å²) in [6, 6.07) is 14.4. The van der Waals surface area contributed by atoms with Crippen LogP contribution < -0.4 is 10.9 Å². The molecule has 28 heavy (non-hydrogen) atoms. The van der Waals surface area contributed by atoms with E-state index in [1.807, 2.05) is 24.3 Å². The second-order valence-corrected chi connectivity index (χ2v) is 6.46. The molecule has 0 fully saturated rings. The number of rotatable bonds is 3. The number of aromatic nitrogens is 4. The molecule has 0 unspecified atom stereocenters. The molecular weight excluding hydrogens is 380 g/mol. The predicted molar refractivity (Wildman–Crippen MR) is 104 cm³/mol. The third-order valence-corrected chi connectivity index (χ3v) is 4.42. The molecule has 9 heteroatoms. The van der Waals surface area contributed by atoms with Crippen LogP contribution in [0.5, 0.6) is 0 Å². The second kappa shape index (κ2) is 7.16. The SMILES string of the molecule is Cc1nc(C(=O)NNC(=O)c2c[nH]c3ccccc23)nn1-c1ccc(Cl)cc1. The molecule has 0 aliphatic rings. The molecule has 140 valence electrons. The number of hydrogen-bond donors (Lipinski definition) is 3. The summed E-state index contributed by atoms with van der Waals surface area (Å²) < 4.78 is 1.52. The largest absolute Gasteiger partial charge is 0.360 e. The zero-order valence-electron chi connectivity index (χ0n) is 14.7. The van der Waals surface area contributed by atoms with Gasteiger partial charge < -0.3 is 4.98 Å². The second-order valence-electron chi connectivity index (χ2n) is 6.03. The van der Waals surface area contributed by atoms with Crippen molar-refractivity contribution < 1.29 is 9.59 Å². The Morgan fingerprint density at radius 2 is 1.75 bits per heavy atom. The van der Waals surface area contributed by atoms with Crippen molar-refractivity contribution in [3.8, 4) is 5.69 Å². The number of aryl methyl sites for hydroxylation is 1. The van der Waals surface area contributed by atoms with Crippen molar-refractivity contribution in [2.45, 2.75) is 6.92 Å². The molecule has 3 N–H and O–H groups in total. The van der Waals surface area contributed by atoms with Crippen molar-refractivity contribution in [2.75, 3.05) is 0 Å². The first-order valence-corrected chi connectivity index (χ1v) is 8.77. The predicted octanol–water partition coefficient (Wildman–Crippen LogP) is 2.79. The molecule has 0 radical (unpaired) electrons. The molecule has 2 aromatic carbocycles. The number of halogens is 1. The highest BCUT2D eigenvalue weighted by Gasteiger charge is 2.17. The first-order chi connectivity index (χ1) is 13.5. The van der Waals surface area contributed by atoms with Gasteiger partial charge in [0.1, 0.15) is 5.82 Å². The molecule has 0 spiro atoms. The summed E-state index contributed by atoms with van der Waals surface area (Å²) in [5.74, 6) is -0.606. The van der Waals surface area contributed by atoms with Crippen molar-refractivity contribution >= 4 is 34.3 Å². The Kier molecular flexibility index (Phi) is 4.54. The van der Waals surface area contributed by atoms with Crippen molar-refractivity contribution in [2.24, 2.45) is 0 Å². The van der Waals surface area contributed by atoms with Gasteiger partial charge in [0.05, 0.1) is 11.3 Å². The highest BCUT2D eigenvalue weighted by atomic mass is 35.5. The van der Waals surface area contributed by atoms with Gasteiger partial charge in [-0.15, -0.1) is 5.10 Å². The number of hydrazine groups is 1. The Labute approximate surface area is 164 Å². The minimum atomic E-state index is -0.621. The third-order valence-electron chi connectivity index (χ3n) is 4.17. The summed E-state index contributed by atoms with van der Waals surface area (Å²) in [7, 11) is 0. The molecule has 8 nitrogen and oxygen atoms in total. The van der Waals surface area contributed by atoms with Gasteiger partial charge in [0.15, 0.2) is 0 Å². The lowest BCUT2D eigenvalue weighted by Gasteiger charge is -2.04. The van der Waals surface area contributed by atoms with E-state index in [2.05, 4.69) is 25.9 Å². The summed E-state index contributed by atoms with van der Waals surface area (Å²) in [5.41, 5.74) is 6.70. The zero-order valence-corrected chi connectivity index (χ0v) is 15.5. The third kappa shape index (κ3) is 3.33. The van der Waals surface area contributed by atoms with E-state index in [9.17, 15) is 9.59 Å². The van der Waals surface area contributed by atoms with Crippen LogP contribution >= 0.6 is 11.6 Å². The fraction of sp³-hybridized carbons (Fsp3) is 0.0526. The Bertz CT molecular complexity index is 1180. The molecule has 4 aromatic rings. The number of carbonyl (C=O) groups is 2. The number of fused-ring (bicyclic) bond motifs is 1. The highest BCUT2D eigenvalue weighted by Crippen LogP contribution is 2.17. The number of hydrogen-bond acceptors (Lipinski definition) is 4. The first kappa shape index (κ1) is 17.7. The fourth-order valence-corrected chi connectivity index (χ4v) is 2.94. The lowest BCUT2D eigenvalue weighted by Crippen LogP contribution is -2.42. The van der Waals surface area contributed by atoms with E-state index in [0.29, 0.717) is 16.4 Å². The van der Waals surface area contributed by atoms with Crippen LogP contribution in [0.4, 0.5) is 0 Å². The van der Waals surface area contributed by atoms with E-state index < -0.39 is 11.8 Å². The van der Waals surface area contributed by atoms with Crippen LogP contribution in [0.25, 0.3) is 16.6 Å². The summed E-state index contributed by atoms with van der Waals surface area (Å²) in [6.45, 7) is 1.73. The zero-order chi connectivity index (χ0) is 19.7. The fourth-order valence-electron chi connectivity index (χ4n) is 2.81. The molecular formula is C19H15ClN6O2. The summed E-state index contributed by atoms with van der Waals surface area (Å²) in [6.07, 6.45) is 1.59. The minimum absolute atomic E-state index is 0.0633. The van der Waals surface area contributed by atoms with Crippen LogP contribution in [0, 0.1) is 6.92 Å². The Morgan fingerprint density at radius 3 is 2.54 bits per heavy atom. The Hall–Kier alpha value is -3.65. The number of H-pyrrole nitrogens is 1. The lowest BCUT2D eigenvalue weighted by molar-refractivity contribution is 0.0842. The molecule has 0 saturated carbocycles. The molecule has 0 saturated heterocycles. The van der Waals surface area contributed by atoms with Crippen LogP contribution in [0.15, 0.2) is 54.7 Å². The number of para-hydroxylation sites is 1. The average Bonchev–Trinajstić information content (AvgIpc) is 3.30. The summed E-state index contributed by atoms with van der Waals surface area (Å²) >= 11 is 5.89. The first-order valence-electron chi connectivity index (χ1n) is 8.39. The topological polar surface area (TPSA) is 105 Å². The molecule has 2 heterocycles. The normalized spacial score (nSPS) is 10.8. The van der Waals surface area contributed by atoms with Gasteiger partial charge in [-0.2, -0.15) is 0 Å². The van der Waals surface area contributed by atoms with Gasteiger partial charge in [-0.1, -0.05) is 29.8 Å². The summed E-state index contributed by atoms with van der Waals surface area (Å²) in [5, 5.41) is 5.55. The van der Waals surface area contributed by atoms with Gasteiger partial charge in [0.2, 0.25) is 5.82 Å². The maximum atomic E-state index is 12.4. The molecule has 2 aromatic heterocycles. The van der Waals surface area contributed by atoms with E-state index in [0.717, 1.165) is 16.6 Å². The van der Waals surface area contributed by atoms with E-state index in [-0.39, 0.29) is 5.82 Å². The van der Waals surface area contributed by atoms with Gasteiger partial charge >= 0.3 is 5.91 Å². The molecule has 0 atom stereocenters. The quantitative estimate of drug-likeness (QED) is 0.464. The maximum Gasteiger partial charge on any atom is 0.309 e. The van der Waals surface area contributed by atoms with Crippen LogP contribution in [-0.2, 0) is 0 Å². The van der Waals surface area contributed by atoms with Crippen LogP contribution in [-0.4, -0.2) is 31.6 Å². The number of aromatic amines is 1. The standard InChI is InChI=1S/C19H15ClN6O2/c1-11-22-17(25-26(11)13-8-6-12(20)7-9-13)19(28)24-23-18(27)15-10-21-16-5-3-2-4-14(15)16/h2-10,21H,1H3,(H,23,27)(H,24,28). The smallest absolute Gasteiger partial charge is 0.309 e. The van der Waals surface area contributed by atoms with Gasteiger partial charge in [0, 0.05) is 22.1 Å². The number of nitrogens with one attached hydrogen (secondary N) is 3. The Balaban J connectivity index is 1.47. The van der Waals surface area contributed by atoms with Crippen molar-refractivity contribution in [3.63, 3.8) is 0 Å². The number of carbonyl (C=O) groups excluding carboxylic acids is 2. The highest BCUT2D eigenvalue weighted by molar-refractivity contribution is 6.30. The number of amides is 2. The maximum absolute atomic E-state index is 12.4. The molecule has 4 rings (SSSR count). The average molecular weight is 395 g/mol. The van der Waals surface area contributed by atoms with E-state index in [1.165, 1.54) is 4.68 Å². The molecule has 2 amide bonds. The van der Waals surface area contributed by atoms with Crippen LogP contribution in [0.3, 0.4) is 0 Å². The number of benzene rings is 2. The van der Waals surface area contributed by atoms with Gasteiger partial charge in [-0.3, -0.25) is 20.4 Å².